The number of nitrogens with one attached hydrogen (secondary N) is 1. The molecule has 0 aromatic heterocycles. The van der Waals surface area contributed by atoms with Gasteiger partial charge in [0.15, 0.2) is 0 Å². The lowest BCUT2D eigenvalue weighted by atomic mass is 10.1. The fourth-order valence-corrected chi connectivity index (χ4v) is 5.89. The number of rotatable bonds is 12. The molecule has 9 heteroatoms. The number of hydrogen-bond donors (Lipinski definition) is 1. The molecule has 2 aromatic rings. The number of benzene rings is 2. The highest BCUT2D eigenvalue weighted by molar-refractivity contribution is 9.10. The maximum atomic E-state index is 13.4. The van der Waals surface area contributed by atoms with Crippen molar-refractivity contribution in [1.82, 2.24) is 10.2 Å². The molecule has 37 heavy (non-hydrogen) atoms. The smallest absolute Gasteiger partial charge is 0.242 e. The monoisotopic (exact) mass is 591 g/mol. The topological polar surface area (TPSA) is 86.8 Å². The molecule has 202 valence electrons. The number of halogens is 1. The molecule has 1 atom stereocenters. The summed E-state index contributed by atoms with van der Waals surface area (Å²) in [6, 6.07) is 14.7. The highest BCUT2D eigenvalue weighted by Crippen LogP contribution is 2.21. The van der Waals surface area contributed by atoms with Gasteiger partial charge >= 0.3 is 0 Å². The van der Waals surface area contributed by atoms with E-state index < -0.39 is 16.1 Å². The van der Waals surface area contributed by atoms with E-state index >= 15 is 0 Å². The number of nitrogens with zero attached hydrogens (tertiary/aromatic N) is 2. The summed E-state index contributed by atoms with van der Waals surface area (Å²) in [7, 11) is -3.51. The average Bonchev–Trinajstić information content (AvgIpc) is 3.38. The lowest BCUT2D eigenvalue weighted by Gasteiger charge is -2.30. The number of carbonyl (C=O) groups is 2. The van der Waals surface area contributed by atoms with Crippen molar-refractivity contribution >= 4 is 43.5 Å². The first kappa shape index (κ1) is 29.2. The van der Waals surface area contributed by atoms with E-state index in [2.05, 4.69) is 21.2 Å². The van der Waals surface area contributed by atoms with E-state index in [0.717, 1.165) is 47.7 Å². The van der Waals surface area contributed by atoms with Gasteiger partial charge < -0.3 is 10.2 Å². The van der Waals surface area contributed by atoms with Crippen LogP contribution in [0, 0.1) is 0 Å². The van der Waals surface area contributed by atoms with Crippen LogP contribution in [0.2, 0.25) is 0 Å². The highest BCUT2D eigenvalue weighted by Gasteiger charge is 2.28. The zero-order valence-corrected chi connectivity index (χ0v) is 24.4. The maximum Gasteiger partial charge on any atom is 0.242 e. The van der Waals surface area contributed by atoms with Gasteiger partial charge in [-0.2, -0.15) is 0 Å². The van der Waals surface area contributed by atoms with E-state index in [4.69, 9.17) is 0 Å². The molecule has 1 aliphatic rings. The molecular weight excluding hydrogens is 554 g/mol. The van der Waals surface area contributed by atoms with Crippen LogP contribution >= 0.6 is 15.9 Å². The third kappa shape index (κ3) is 8.57. The van der Waals surface area contributed by atoms with E-state index in [-0.39, 0.29) is 30.8 Å². The van der Waals surface area contributed by atoms with Crippen LogP contribution in [0.3, 0.4) is 0 Å². The van der Waals surface area contributed by atoms with Gasteiger partial charge in [-0.1, -0.05) is 60.0 Å². The second-order valence-corrected chi connectivity index (χ2v) is 12.6. The Bertz CT molecular complexity index is 1150. The summed E-state index contributed by atoms with van der Waals surface area (Å²) in [6.45, 7) is 4.30. The lowest BCUT2D eigenvalue weighted by Crippen LogP contribution is -2.49. The molecule has 0 unspecified atom stereocenters. The van der Waals surface area contributed by atoms with Gasteiger partial charge in [-0.05, 0) is 68.0 Å². The molecule has 1 aliphatic carbocycles. The predicted octanol–water partition coefficient (Wildman–Crippen LogP) is 5.03. The van der Waals surface area contributed by atoms with E-state index in [1.54, 1.807) is 24.0 Å². The number of anilines is 1. The summed E-state index contributed by atoms with van der Waals surface area (Å²) in [5.41, 5.74) is 2.63. The zero-order valence-electron chi connectivity index (χ0n) is 22.0. The average molecular weight is 593 g/mol. The number of amides is 2. The van der Waals surface area contributed by atoms with Crippen LogP contribution < -0.4 is 9.62 Å². The summed E-state index contributed by atoms with van der Waals surface area (Å²) >= 11 is 3.43. The van der Waals surface area contributed by atoms with Crippen LogP contribution in [0.15, 0.2) is 53.0 Å². The first-order chi connectivity index (χ1) is 17.6. The van der Waals surface area contributed by atoms with Gasteiger partial charge in [0.2, 0.25) is 21.8 Å². The third-order valence-corrected chi connectivity index (χ3v) is 8.64. The van der Waals surface area contributed by atoms with Crippen molar-refractivity contribution in [3.8, 4) is 0 Å². The standard InChI is InChI=1S/C28H38BrN3O4S/c1-4-22-13-17-26(18-14-22)32(37(3,35)36)19-7-10-27(33)31(20-23-11-15-24(29)16-12-23)21(2)28(34)30-25-8-5-6-9-25/h11-18,21,25H,4-10,19-20H2,1-3H3,(H,30,34)/t21-/m0/s1. The normalized spacial score (nSPS) is 14.8. The lowest BCUT2D eigenvalue weighted by molar-refractivity contribution is -0.141. The van der Waals surface area contributed by atoms with E-state index in [9.17, 15) is 18.0 Å². The number of hydrogen-bond acceptors (Lipinski definition) is 4. The zero-order chi connectivity index (χ0) is 27.0. The Kier molecular flexibility index (Phi) is 10.6. The Morgan fingerprint density at radius 1 is 1.03 bits per heavy atom. The van der Waals surface area contributed by atoms with Gasteiger partial charge in [0.1, 0.15) is 6.04 Å². The minimum absolute atomic E-state index is 0.136. The van der Waals surface area contributed by atoms with Gasteiger partial charge in [-0.3, -0.25) is 13.9 Å². The van der Waals surface area contributed by atoms with E-state index in [0.29, 0.717) is 18.7 Å². The van der Waals surface area contributed by atoms with Crippen molar-refractivity contribution in [2.45, 2.75) is 77.4 Å². The van der Waals surface area contributed by atoms with Crippen LogP contribution in [0.5, 0.6) is 0 Å². The molecule has 1 N–H and O–H groups in total. The van der Waals surface area contributed by atoms with Gasteiger partial charge in [0.05, 0.1) is 11.9 Å². The van der Waals surface area contributed by atoms with Gasteiger partial charge in [0, 0.05) is 30.0 Å². The van der Waals surface area contributed by atoms with Crippen molar-refractivity contribution in [2.24, 2.45) is 0 Å². The molecule has 1 fully saturated rings. The number of carbonyl (C=O) groups excluding carboxylic acids is 2. The Labute approximate surface area is 229 Å². The van der Waals surface area contributed by atoms with Crippen molar-refractivity contribution < 1.29 is 18.0 Å². The van der Waals surface area contributed by atoms with Crippen molar-refractivity contribution in [3.05, 3.63) is 64.1 Å². The minimum atomic E-state index is -3.51. The van der Waals surface area contributed by atoms with Gasteiger partial charge in [-0.25, -0.2) is 8.42 Å². The molecule has 0 aliphatic heterocycles. The molecule has 0 saturated heterocycles. The van der Waals surface area contributed by atoms with Crippen LogP contribution in [0.4, 0.5) is 5.69 Å². The van der Waals surface area contributed by atoms with Crippen LogP contribution in [-0.2, 0) is 32.6 Å². The molecule has 1 saturated carbocycles. The Morgan fingerprint density at radius 2 is 1.62 bits per heavy atom. The summed E-state index contributed by atoms with van der Waals surface area (Å²) in [6.07, 6.45) is 6.69. The van der Waals surface area contributed by atoms with Crippen LogP contribution in [-0.4, -0.2) is 50.0 Å². The molecule has 3 rings (SSSR count). The fourth-order valence-electron chi connectivity index (χ4n) is 4.66. The largest absolute Gasteiger partial charge is 0.352 e. The predicted molar refractivity (Wildman–Crippen MR) is 152 cm³/mol. The summed E-state index contributed by atoms with van der Waals surface area (Å²) in [5.74, 6) is -0.321. The molecule has 0 heterocycles. The molecule has 7 nitrogen and oxygen atoms in total. The highest BCUT2D eigenvalue weighted by atomic mass is 79.9. The first-order valence-corrected chi connectivity index (χ1v) is 15.6. The first-order valence-electron chi connectivity index (χ1n) is 13.0. The number of sulfonamides is 1. The summed E-state index contributed by atoms with van der Waals surface area (Å²) in [4.78, 5) is 28.1. The second-order valence-electron chi connectivity index (χ2n) is 9.77. The van der Waals surface area contributed by atoms with Gasteiger partial charge in [0.25, 0.3) is 0 Å². The van der Waals surface area contributed by atoms with E-state index in [1.165, 1.54) is 10.6 Å². The van der Waals surface area contributed by atoms with Crippen LogP contribution in [0.1, 0.15) is 63.5 Å². The maximum absolute atomic E-state index is 13.4. The number of aryl methyl sites for hydroxylation is 1. The quantitative estimate of drug-likeness (QED) is 0.375. The Hall–Kier alpha value is -2.39. The Balaban J connectivity index is 1.70. The molecule has 2 amide bonds. The second kappa shape index (κ2) is 13.4. The minimum Gasteiger partial charge on any atom is -0.352 e. The molecule has 0 bridgehead atoms. The van der Waals surface area contributed by atoms with E-state index in [1.807, 2.05) is 43.3 Å². The summed E-state index contributed by atoms with van der Waals surface area (Å²) < 4.78 is 27.3. The Morgan fingerprint density at radius 3 is 2.19 bits per heavy atom. The molecule has 2 aromatic carbocycles. The molecule has 0 spiro atoms. The van der Waals surface area contributed by atoms with Gasteiger partial charge in [-0.15, -0.1) is 0 Å². The van der Waals surface area contributed by atoms with Crippen molar-refractivity contribution in [1.29, 1.82) is 0 Å². The fraction of sp³-hybridized carbons (Fsp3) is 0.500. The van der Waals surface area contributed by atoms with Crippen LogP contribution in [0.25, 0.3) is 0 Å². The molecular formula is C28H38BrN3O4S. The third-order valence-electron chi connectivity index (χ3n) is 6.92. The summed E-state index contributed by atoms with van der Waals surface area (Å²) in [5, 5.41) is 3.11. The van der Waals surface area contributed by atoms with Crippen molar-refractivity contribution in [3.63, 3.8) is 0 Å². The molecule has 0 radical (unpaired) electrons. The SMILES string of the molecule is CCc1ccc(N(CCCC(=O)N(Cc2ccc(Br)cc2)[C@@H](C)C(=O)NC2CCCC2)S(C)(=O)=O)cc1. The van der Waals surface area contributed by atoms with Crippen molar-refractivity contribution in [2.75, 3.05) is 17.1 Å².